The molecule has 0 bridgehead atoms. The number of nitrogens with one attached hydrogen (secondary N) is 1. The molecule has 1 aliphatic heterocycles. The average Bonchev–Trinajstić information content (AvgIpc) is 2.29. The maximum absolute atomic E-state index is 11.9. The summed E-state index contributed by atoms with van der Waals surface area (Å²) in [6.45, 7) is 5.04. The minimum atomic E-state index is -0.802. The monoisotopic (exact) mass is 242 g/mol. The summed E-state index contributed by atoms with van der Waals surface area (Å²) in [5.41, 5.74) is 0. The second-order valence-electron chi connectivity index (χ2n) is 4.76. The summed E-state index contributed by atoms with van der Waals surface area (Å²) in [5, 5.41) is 11.8. The van der Waals surface area contributed by atoms with Crippen LogP contribution in [0.15, 0.2) is 0 Å². The number of carbonyl (C=O) groups excluding carboxylic acids is 1. The zero-order chi connectivity index (χ0) is 12.8. The molecule has 0 aromatic heterocycles. The standard InChI is InChI=1S/C12H22N2O3/c1-3-5-9(2)13-12(17)14-7-4-6-10(8-14)11(15)16/h9-10H,3-8H2,1-2H3,(H,13,17)(H,15,16)/t9?,10-/m0/s1. The number of hydrogen-bond donors (Lipinski definition) is 2. The minimum Gasteiger partial charge on any atom is -0.481 e. The van der Waals surface area contributed by atoms with Crippen molar-refractivity contribution in [3.05, 3.63) is 0 Å². The molecule has 0 saturated carbocycles. The summed E-state index contributed by atoms with van der Waals surface area (Å²) < 4.78 is 0. The van der Waals surface area contributed by atoms with Gasteiger partial charge in [0.2, 0.25) is 0 Å². The number of hydrogen-bond acceptors (Lipinski definition) is 2. The van der Waals surface area contributed by atoms with E-state index in [0.717, 1.165) is 19.3 Å². The average molecular weight is 242 g/mol. The van der Waals surface area contributed by atoms with E-state index in [9.17, 15) is 9.59 Å². The Bertz CT molecular complexity index is 281. The smallest absolute Gasteiger partial charge is 0.317 e. The van der Waals surface area contributed by atoms with Crippen LogP contribution in [0.1, 0.15) is 39.5 Å². The van der Waals surface area contributed by atoms with Crippen molar-refractivity contribution in [2.75, 3.05) is 13.1 Å². The molecule has 0 aliphatic carbocycles. The van der Waals surface area contributed by atoms with Crippen molar-refractivity contribution in [2.45, 2.75) is 45.6 Å². The number of rotatable bonds is 4. The maximum Gasteiger partial charge on any atom is 0.317 e. The van der Waals surface area contributed by atoms with Crippen molar-refractivity contribution in [1.29, 1.82) is 0 Å². The third-order valence-electron chi connectivity index (χ3n) is 3.15. The fraction of sp³-hybridized carbons (Fsp3) is 0.833. The number of likely N-dealkylation sites (tertiary alicyclic amines) is 1. The highest BCUT2D eigenvalue weighted by Crippen LogP contribution is 2.16. The van der Waals surface area contributed by atoms with Crippen LogP contribution in [0.4, 0.5) is 4.79 Å². The summed E-state index contributed by atoms with van der Waals surface area (Å²) in [5.74, 6) is -1.21. The molecule has 2 amide bonds. The topological polar surface area (TPSA) is 69.6 Å². The molecule has 0 aromatic rings. The van der Waals surface area contributed by atoms with Gasteiger partial charge in [-0.05, 0) is 26.2 Å². The lowest BCUT2D eigenvalue weighted by Crippen LogP contribution is -2.49. The van der Waals surface area contributed by atoms with E-state index in [1.807, 2.05) is 6.92 Å². The largest absolute Gasteiger partial charge is 0.481 e. The molecule has 98 valence electrons. The molecular weight excluding hydrogens is 220 g/mol. The quantitative estimate of drug-likeness (QED) is 0.788. The van der Waals surface area contributed by atoms with Gasteiger partial charge in [0.15, 0.2) is 0 Å². The third kappa shape index (κ3) is 4.24. The van der Waals surface area contributed by atoms with Gasteiger partial charge in [0.05, 0.1) is 5.92 Å². The molecule has 1 fully saturated rings. The van der Waals surface area contributed by atoms with Gasteiger partial charge >= 0.3 is 12.0 Å². The van der Waals surface area contributed by atoms with Crippen LogP contribution in [0.2, 0.25) is 0 Å². The predicted molar refractivity (Wildman–Crippen MR) is 64.8 cm³/mol. The van der Waals surface area contributed by atoms with Gasteiger partial charge in [-0.25, -0.2) is 4.79 Å². The molecule has 2 N–H and O–H groups in total. The Morgan fingerprint density at radius 3 is 2.82 bits per heavy atom. The van der Waals surface area contributed by atoms with Crippen LogP contribution in [-0.4, -0.2) is 41.1 Å². The van der Waals surface area contributed by atoms with Crippen LogP contribution in [0.3, 0.4) is 0 Å². The van der Waals surface area contributed by atoms with Crippen LogP contribution in [0, 0.1) is 5.92 Å². The van der Waals surface area contributed by atoms with Gasteiger partial charge in [0.25, 0.3) is 0 Å². The van der Waals surface area contributed by atoms with Crippen molar-refractivity contribution >= 4 is 12.0 Å². The lowest BCUT2D eigenvalue weighted by molar-refractivity contribution is -0.143. The first kappa shape index (κ1) is 13.8. The molecule has 0 spiro atoms. The molecule has 5 heteroatoms. The molecule has 1 saturated heterocycles. The number of carbonyl (C=O) groups is 2. The summed E-state index contributed by atoms with van der Waals surface area (Å²) in [6.07, 6.45) is 3.41. The highest BCUT2D eigenvalue weighted by molar-refractivity contribution is 5.76. The van der Waals surface area contributed by atoms with Crippen LogP contribution in [0.5, 0.6) is 0 Å². The van der Waals surface area contributed by atoms with Gasteiger partial charge in [-0.1, -0.05) is 13.3 Å². The van der Waals surface area contributed by atoms with E-state index in [1.165, 1.54) is 0 Å². The van der Waals surface area contributed by atoms with Crippen LogP contribution in [0.25, 0.3) is 0 Å². The fourth-order valence-corrected chi connectivity index (χ4v) is 2.17. The molecule has 2 atom stereocenters. The molecule has 1 unspecified atom stereocenters. The Labute approximate surface area is 102 Å². The predicted octanol–water partition coefficient (Wildman–Crippen LogP) is 1.68. The maximum atomic E-state index is 11.9. The van der Waals surface area contributed by atoms with Crippen molar-refractivity contribution in [1.82, 2.24) is 10.2 Å². The Kier molecular flexibility index (Phi) is 5.25. The summed E-state index contributed by atoms with van der Waals surface area (Å²) in [7, 11) is 0. The van der Waals surface area contributed by atoms with E-state index in [4.69, 9.17) is 5.11 Å². The number of urea groups is 1. The minimum absolute atomic E-state index is 0.128. The normalized spacial score (nSPS) is 22.0. The molecule has 5 nitrogen and oxygen atoms in total. The van der Waals surface area contributed by atoms with E-state index in [-0.39, 0.29) is 12.1 Å². The van der Waals surface area contributed by atoms with Gasteiger partial charge < -0.3 is 15.3 Å². The van der Waals surface area contributed by atoms with Gasteiger partial charge in [-0.2, -0.15) is 0 Å². The zero-order valence-electron chi connectivity index (χ0n) is 10.6. The Balaban J connectivity index is 2.43. The summed E-state index contributed by atoms with van der Waals surface area (Å²) in [6, 6.07) is 0.0228. The van der Waals surface area contributed by atoms with Crippen LogP contribution in [-0.2, 0) is 4.79 Å². The number of carboxylic acid groups (broad SMARTS) is 1. The first-order chi connectivity index (χ1) is 8.04. The van der Waals surface area contributed by atoms with Gasteiger partial charge in [0.1, 0.15) is 0 Å². The first-order valence-corrected chi connectivity index (χ1v) is 6.32. The SMILES string of the molecule is CCCC(C)NC(=O)N1CCC[C@H](C(=O)O)C1. The number of aliphatic carboxylic acids is 1. The molecule has 1 rings (SSSR count). The number of nitrogens with zero attached hydrogens (tertiary/aromatic N) is 1. The highest BCUT2D eigenvalue weighted by Gasteiger charge is 2.28. The van der Waals surface area contributed by atoms with Crippen molar-refractivity contribution in [3.8, 4) is 0 Å². The number of carboxylic acids is 1. The molecular formula is C12H22N2O3. The number of amides is 2. The van der Waals surface area contributed by atoms with E-state index in [0.29, 0.717) is 19.5 Å². The van der Waals surface area contributed by atoms with E-state index in [1.54, 1.807) is 4.90 Å². The van der Waals surface area contributed by atoms with Crippen molar-refractivity contribution < 1.29 is 14.7 Å². The van der Waals surface area contributed by atoms with Crippen LogP contribution < -0.4 is 5.32 Å². The van der Waals surface area contributed by atoms with Gasteiger partial charge in [-0.15, -0.1) is 0 Å². The summed E-state index contributed by atoms with van der Waals surface area (Å²) in [4.78, 5) is 24.4. The van der Waals surface area contributed by atoms with Crippen molar-refractivity contribution in [3.63, 3.8) is 0 Å². The molecule has 1 aliphatic rings. The van der Waals surface area contributed by atoms with Gasteiger partial charge in [0, 0.05) is 19.1 Å². The molecule has 17 heavy (non-hydrogen) atoms. The van der Waals surface area contributed by atoms with E-state index < -0.39 is 11.9 Å². The fourth-order valence-electron chi connectivity index (χ4n) is 2.17. The number of piperidine rings is 1. The Morgan fingerprint density at radius 2 is 2.24 bits per heavy atom. The first-order valence-electron chi connectivity index (χ1n) is 6.32. The molecule has 0 aromatic carbocycles. The lowest BCUT2D eigenvalue weighted by Gasteiger charge is -2.31. The van der Waals surface area contributed by atoms with Crippen LogP contribution >= 0.6 is 0 Å². The Morgan fingerprint density at radius 1 is 1.53 bits per heavy atom. The molecule has 1 heterocycles. The van der Waals surface area contributed by atoms with E-state index in [2.05, 4.69) is 12.2 Å². The second kappa shape index (κ2) is 6.47. The van der Waals surface area contributed by atoms with Gasteiger partial charge in [-0.3, -0.25) is 4.79 Å². The second-order valence-corrected chi connectivity index (χ2v) is 4.76. The lowest BCUT2D eigenvalue weighted by atomic mass is 9.99. The van der Waals surface area contributed by atoms with E-state index >= 15 is 0 Å². The molecule has 0 radical (unpaired) electrons. The summed E-state index contributed by atoms with van der Waals surface area (Å²) >= 11 is 0. The Hall–Kier alpha value is -1.26. The zero-order valence-corrected chi connectivity index (χ0v) is 10.6. The van der Waals surface area contributed by atoms with Crippen molar-refractivity contribution in [2.24, 2.45) is 5.92 Å². The highest BCUT2D eigenvalue weighted by atomic mass is 16.4. The third-order valence-corrected chi connectivity index (χ3v) is 3.15.